The first-order valence-electron chi connectivity index (χ1n) is 10.4. The largest absolute Gasteiger partial charge is 0.381 e. The van der Waals surface area contributed by atoms with Crippen molar-refractivity contribution in [3.63, 3.8) is 0 Å². The molecule has 154 valence electrons. The van der Waals surface area contributed by atoms with E-state index in [-0.39, 0.29) is 0 Å². The molecule has 0 unspecified atom stereocenters. The van der Waals surface area contributed by atoms with Gasteiger partial charge in [0.1, 0.15) is 11.3 Å². The van der Waals surface area contributed by atoms with E-state index in [0.29, 0.717) is 24.6 Å². The Labute approximate surface area is 172 Å². The summed E-state index contributed by atoms with van der Waals surface area (Å²) >= 11 is 0. The molecule has 1 saturated heterocycles. The van der Waals surface area contributed by atoms with E-state index in [4.69, 9.17) is 9.72 Å². The number of rotatable bonds is 5. The number of imidazole rings is 1. The summed E-state index contributed by atoms with van der Waals surface area (Å²) in [4.78, 5) is 20.9. The number of piperidine rings is 1. The molecule has 0 amide bonds. The predicted molar refractivity (Wildman–Crippen MR) is 114 cm³/mol. The number of aryl methyl sites for hydroxylation is 1. The topological polar surface area (TPSA) is 69.0 Å². The van der Waals surface area contributed by atoms with Crippen LogP contribution >= 0.6 is 0 Å². The van der Waals surface area contributed by atoms with Gasteiger partial charge in [-0.05, 0) is 52.7 Å². The second-order valence-corrected chi connectivity index (χ2v) is 8.24. The van der Waals surface area contributed by atoms with E-state index in [9.17, 15) is 0 Å². The molecule has 0 radical (unpaired) electrons. The highest BCUT2D eigenvalue weighted by Gasteiger charge is 2.27. The average Bonchev–Trinajstić information content (AvgIpc) is 3.03. The van der Waals surface area contributed by atoms with Crippen molar-refractivity contribution in [1.29, 1.82) is 0 Å². The number of methoxy groups -OCH3 is 1. The molecule has 0 aromatic carbocycles. The Balaban J connectivity index is 1.57. The lowest BCUT2D eigenvalue weighted by Gasteiger charge is -2.37. The van der Waals surface area contributed by atoms with Crippen LogP contribution in [0.5, 0.6) is 0 Å². The summed E-state index contributed by atoms with van der Waals surface area (Å²) in [5.41, 5.74) is 4.05. The van der Waals surface area contributed by atoms with Crippen molar-refractivity contribution in [3.8, 4) is 0 Å². The van der Waals surface area contributed by atoms with Crippen LogP contribution in [0, 0.1) is 6.92 Å². The summed E-state index contributed by atoms with van der Waals surface area (Å²) in [5.74, 6) is 1.82. The maximum Gasteiger partial charge on any atom is 0.225 e. The van der Waals surface area contributed by atoms with E-state index < -0.39 is 0 Å². The average molecular weight is 395 g/mol. The molecule has 4 heterocycles. The number of fused-ring (bicyclic) bond motifs is 1. The minimum absolute atomic E-state index is 0.328. The Morgan fingerprint density at radius 3 is 2.76 bits per heavy atom. The molecule has 1 aliphatic rings. The highest BCUT2D eigenvalue weighted by molar-refractivity contribution is 5.75. The van der Waals surface area contributed by atoms with Crippen LogP contribution in [0.25, 0.3) is 11.0 Å². The van der Waals surface area contributed by atoms with E-state index >= 15 is 0 Å². The maximum absolute atomic E-state index is 5.53. The molecule has 7 heteroatoms. The van der Waals surface area contributed by atoms with Gasteiger partial charge in [-0.3, -0.25) is 4.98 Å². The third-order valence-electron chi connectivity index (χ3n) is 5.81. The van der Waals surface area contributed by atoms with Gasteiger partial charge in [-0.2, -0.15) is 0 Å². The Morgan fingerprint density at radius 2 is 2.03 bits per heavy atom. The van der Waals surface area contributed by atoms with E-state index in [1.54, 1.807) is 7.11 Å². The van der Waals surface area contributed by atoms with Gasteiger partial charge in [0, 0.05) is 44.0 Å². The molecular formula is C22H30N6O. The second kappa shape index (κ2) is 8.06. The van der Waals surface area contributed by atoms with Gasteiger partial charge in [0.2, 0.25) is 5.95 Å². The molecule has 0 aliphatic carbocycles. The lowest BCUT2D eigenvalue weighted by molar-refractivity contribution is 0.0717. The van der Waals surface area contributed by atoms with Crippen molar-refractivity contribution < 1.29 is 4.74 Å². The molecule has 3 aromatic heterocycles. The molecule has 4 rings (SSSR count). The highest BCUT2D eigenvalue weighted by atomic mass is 16.5. The predicted octanol–water partition coefficient (Wildman–Crippen LogP) is 3.71. The molecule has 0 N–H and O–H groups in total. The summed E-state index contributed by atoms with van der Waals surface area (Å²) < 4.78 is 7.79. The standard InChI is InChI=1S/C22H30N6O/c1-14(2)28-16(4)25-20-13-24-18(12-21(20)28)11-17-6-8-23-22(26-17)27-9-7-19(29-5)10-15(27)3/h6,8,12-15,19H,7,9-11H2,1-5H3/t15-,19-/m0/s1. The summed E-state index contributed by atoms with van der Waals surface area (Å²) in [6.07, 6.45) is 6.74. The van der Waals surface area contributed by atoms with Gasteiger partial charge in [0.05, 0.1) is 23.5 Å². The molecule has 0 saturated carbocycles. The van der Waals surface area contributed by atoms with E-state index in [0.717, 1.165) is 53.6 Å². The van der Waals surface area contributed by atoms with Crippen molar-refractivity contribution in [3.05, 3.63) is 41.7 Å². The van der Waals surface area contributed by atoms with Crippen molar-refractivity contribution in [2.45, 2.75) is 65.1 Å². The van der Waals surface area contributed by atoms with Crippen LogP contribution in [0.15, 0.2) is 24.5 Å². The molecule has 1 fully saturated rings. The van der Waals surface area contributed by atoms with E-state index in [2.05, 4.69) is 51.3 Å². The maximum atomic E-state index is 5.53. The van der Waals surface area contributed by atoms with Crippen LogP contribution < -0.4 is 4.90 Å². The number of pyridine rings is 1. The molecule has 7 nitrogen and oxygen atoms in total. The van der Waals surface area contributed by atoms with Crippen LogP contribution in [-0.2, 0) is 11.2 Å². The molecule has 0 spiro atoms. The van der Waals surface area contributed by atoms with Gasteiger partial charge < -0.3 is 14.2 Å². The van der Waals surface area contributed by atoms with Gasteiger partial charge in [-0.15, -0.1) is 0 Å². The van der Waals surface area contributed by atoms with Crippen molar-refractivity contribution in [2.75, 3.05) is 18.6 Å². The van der Waals surface area contributed by atoms with Gasteiger partial charge >= 0.3 is 0 Å². The van der Waals surface area contributed by atoms with Crippen molar-refractivity contribution in [2.24, 2.45) is 0 Å². The second-order valence-electron chi connectivity index (χ2n) is 8.24. The normalized spacial score (nSPS) is 20.0. The lowest BCUT2D eigenvalue weighted by atomic mass is 10.0. The third kappa shape index (κ3) is 3.96. The zero-order valence-electron chi connectivity index (χ0n) is 18.0. The van der Waals surface area contributed by atoms with Crippen LogP contribution in [0.3, 0.4) is 0 Å². The summed E-state index contributed by atoms with van der Waals surface area (Å²) in [6, 6.07) is 4.84. The highest BCUT2D eigenvalue weighted by Crippen LogP contribution is 2.24. The molecule has 0 bridgehead atoms. The molecular weight excluding hydrogens is 364 g/mol. The van der Waals surface area contributed by atoms with Crippen LogP contribution in [-0.4, -0.2) is 50.3 Å². The number of hydrogen-bond acceptors (Lipinski definition) is 6. The van der Waals surface area contributed by atoms with Gasteiger partial charge in [-0.25, -0.2) is 15.0 Å². The van der Waals surface area contributed by atoms with Crippen molar-refractivity contribution in [1.82, 2.24) is 24.5 Å². The summed E-state index contributed by atoms with van der Waals surface area (Å²) in [7, 11) is 1.79. The first-order valence-corrected chi connectivity index (χ1v) is 10.4. The minimum atomic E-state index is 0.328. The third-order valence-corrected chi connectivity index (χ3v) is 5.81. The number of nitrogens with zero attached hydrogens (tertiary/aromatic N) is 6. The summed E-state index contributed by atoms with van der Waals surface area (Å²) in [5, 5.41) is 0. The zero-order valence-corrected chi connectivity index (χ0v) is 18.0. The van der Waals surface area contributed by atoms with E-state index in [1.165, 1.54) is 0 Å². The van der Waals surface area contributed by atoms with Gasteiger partial charge in [-0.1, -0.05) is 0 Å². The fourth-order valence-electron chi connectivity index (χ4n) is 4.36. The SMILES string of the molecule is CO[C@H]1CCN(c2nccc(Cc3cc4c(cn3)nc(C)n4C(C)C)n2)[C@@H](C)C1. The quantitative estimate of drug-likeness (QED) is 0.657. The van der Waals surface area contributed by atoms with E-state index in [1.807, 2.05) is 25.4 Å². The fraction of sp³-hybridized carbons (Fsp3) is 0.545. The minimum Gasteiger partial charge on any atom is -0.381 e. The summed E-state index contributed by atoms with van der Waals surface area (Å²) in [6.45, 7) is 9.54. The number of aromatic nitrogens is 5. The Morgan fingerprint density at radius 1 is 1.21 bits per heavy atom. The zero-order chi connectivity index (χ0) is 20.5. The Bertz CT molecular complexity index is 998. The molecule has 1 aliphatic heterocycles. The van der Waals surface area contributed by atoms with Crippen molar-refractivity contribution >= 4 is 17.0 Å². The van der Waals surface area contributed by atoms with Crippen LogP contribution in [0.2, 0.25) is 0 Å². The Hall–Kier alpha value is -2.54. The monoisotopic (exact) mass is 394 g/mol. The Kier molecular flexibility index (Phi) is 5.50. The first-order chi connectivity index (χ1) is 14.0. The molecule has 3 aromatic rings. The molecule has 2 atom stereocenters. The number of hydrogen-bond donors (Lipinski definition) is 0. The number of ether oxygens (including phenoxy) is 1. The lowest BCUT2D eigenvalue weighted by Crippen LogP contribution is -2.44. The fourth-order valence-corrected chi connectivity index (χ4v) is 4.36. The molecule has 29 heavy (non-hydrogen) atoms. The smallest absolute Gasteiger partial charge is 0.225 e. The van der Waals surface area contributed by atoms with Crippen LogP contribution in [0.1, 0.15) is 56.9 Å². The van der Waals surface area contributed by atoms with Crippen LogP contribution in [0.4, 0.5) is 5.95 Å². The van der Waals surface area contributed by atoms with Gasteiger partial charge in [0.25, 0.3) is 0 Å². The first kappa shape index (κ1) is 19.8. The van der Waals surface area contributed by atoms with Gasteiger partial charge in [0.15, 0.2) is 0 Å². The number of anilines is 1.